The number of phenolic OH excluding ortho intramolecular Hbond substituents is 1. The van der Waals surface area contributed by atoms with Crippen LogP contribution in [0.15, 0.2) is 18.2 Å². The van der Waals surface area contributed by atoms with Gasteiger partial charge in [0.25, 0.3) is 5.69 Å². The number of benzene rings is 1. The van der Waals surface area contributed by atoms with Gasteiger partial charge >= 0.3 is 0 Å². The van der Waals surface area contributed by atoms with Gasteiger partial charge in [0.1, 0.15) is 5.75 Å². The van der Waals surface area contributed by atoms with E-state index in [9.17, 15) is 20.0 Å². The van der Waals surface area contributed by atoms with E-state index in [0.29, 0.717) is 13.0 Å². The maximum absolute atomic E-state index is 11.9. The summed E-state index contributed by atoms with van der Waals surface area (Å²) in [5.74, 6) is -0.806. The molecule has 7 heteroatoms. The molecule has 0 aromatic heterocycles. The topological polar surface area (TPSA) is 102 Å². The fraction of sp³-hybridized carbons (Fsp3) is 0.417. The summed E-state index contributed by atoms with van der Waals surface area (Å²) in [6.45, 7) is 2.20. The molecule has 102 valence electrons. The number of ether oxygens (including phenoxy) is 1. The molecule has 2 atom stereocenters. The number of carbonyl (C=O) groups excluding carboxylic acids is 1. The molecule has 1 saturated heterocycles. The van der Waals surface area contributed by atoms with Crippen LogP contribution in [0.2, 0.25) is 0 Å². The van der Waals surface area contributed by atoms with E-state index in [1.54, 1.807) is 0 Å². The Balaban J connectivity index is 2.12. The summed E-state index contributed by atoms with van der Waals surface area (Å²) >= 11 is 0. The second kappa shape index (κ2) is 5.23. The van der Waals surface area contributed by atoms with Gasteiger partial charge in [-0.25, -0.2) is 0 Å². The number of amides is 1. The van der Waals surface area contributed by atoms with Crippen LogP contribution in [0.4, 0.5) is 11.4 Å². The molecule has 0 spiro atoms. The Morgan fingerprint density at radius 2 is 2.32 bits per heavy atom. The summed E-state index contributed by atoms with van der Waals surface area (Å²) in [7, 11) is 0. The Kier molecular flexibility index (Phi) is 3.66. The van der Waals surface area contributed by atoms with Crippen LogP contribution in [-0.4, -0.2) is 28.6 Å². The lowest BCUT2D eigenvalue weighted by molar-refractivity contribution is -0.384. The first-order chi connectivity index (χ1) is 8.97. The number of anilines is 1. The SMILES string of the molecule is CC1CC(C(=O)Nc2cc([N+](=O)[O-])ccc2O)CO1. The lowest BCUT2D eigenvalue weighted by atomic mass is 10.1. The van der Waals surface area contributed by atoms with Crippen molar-refractivity contribution in [1.82, 2.24) is 0 Å². The Morgan fingerprint density at radius 3 is 2.89 bits per heavy atom. The molecule has 1 heterocycles. The van der Waals surface area contributed by atoms with Gasteiger partial charge in [0.05, 0.1) is 29.2 Å². The van der Waals surface area contributed by atoms with Gasteiger partial charge in [0.15, 0.2) is 0 Å². The van der Waals surface area contributed by atoms with E-state index in [1.807, 2.05) is 6.92 Å². The van der Waals surface area contributed by atoms with Gasteiger partial charge in [-0.3, -0.25) is 14.9 Å². The van der Waals surface area contributed by atoms with E-state index in [4.69, 9.17) is 4.74 Å². The van der Waals surface area contributed by atoms with E-state index in [0.717, 1.165) is 6.07 Å². The average Bonchev–Trinajstić information content (AvgIpc) is 2.78. The minimum absolute atomic E-state index is 0.0226. The Labute approximate surface area is 109 Å². The summed E-state index contributed by atoms with van der Waals surface area (Å²) in [5.41, 5.74) is -0.150. The molecule has 0 bridgehead atoms. The third kappa shape index (κ3) is 3.00. The monoisotopic (exact) mass is 266 g/mol. The van der Waals surface area contributed by atoms with Gasteiger partial charge in [0, 0.05) is 12.1 Å². The molecule has 0 saturated carbocycles. The predicted molar refractivity (Wildman–Crippen MR) is 66.9 cm³/mol. The highest BCUT2D eigenvalue weighted by molar-refractivity contribution is 5.94. The molecule has 1 amide bonds. The van der Waals surface area contributed by atoms with Gasteiger partial charge < -0.3 is 15.2 Å². The highest BCUT2D eigenvalue weighted by Crippen LogP contribution is 2.29. The molecule has 2 unspecified atom stereocenters. The molecule has 7 nitrogen and oxygen atoms in total. The predicted octanol–water partition coefficient (Wildman–Crippen LogP) is 1.66. The van der Waals surface area contributed by atoms with Crippen LogP contribution in [0.3, 0.4) is 0 Å². The van der Waals surface area contributed by atoms with E-state index in [1.165, 1.54) is 12.1 Å². The highest BCUT2D eigenvalue weighted by Gasteiger charge is 2.28. The minimum Gasteiger partial charge on any atom is -0.506 e. The molecule has 1 aromatic carbocycles. The van der Waals surface area contributed by atoms with Gasteiger partial charge in [0.2, 0.25) is 5.91 Å². The van der Waals surface area contributed by atoms with E-state index in [-0.39, 0.29) is 35.1 Å². The van der Waals surface area contributed by atoms with Crippen LogP contribution in [0.25, 0.3) is 0 Å². The number of rotatable bonds is 3. The second-order valence-electron chi connectivity index (χ2n) is 4.52. The van der Waals surface area contributed by atoms with Crippen molar-refractivity contribution in [2.24, 2.45) is 5.92 Å². The lowest BCUT2D eigenvalue weighted by Gasteiger charge is -2.10. The van der Waals surface area contributed by atoms with Gasteiger partial charge in [-0.2, -0.15) is 0 Å². The van der Waals surface area contributed by atoms with Crippen molar-refractivity contribution in [3.63, 3.8) is 0 Å². The number of nitrogens with zero attached hydrogens (tertiary/aromatic N) is 1. The van der Waals surface area contributed by atoms with Crippen molar-refractivity contribution in [3.05, 3.63) is 28.3 Å². The lowest BCUT2D eigenvalue weighted by Crippen LogP contribution is -2.23. The van der Waals surface area contributed by atoms with Crippen LogP contribution >= 0.6 is 0 Å². The van der Waals surface area contributed by atoms with Gasteiger partial charge in [-0.05, 0) is 19.4 Å². The van der Waals surface area contributed by atoms with Crippen LogP contribution in [0.1, 0.15) is 13.3 Å². The molecular formula is C12H14N2O5. The van der Waals surface area contributed by atoms with Gasteiger partial charge in [-0.15, -0.1) is 0 Å². The third-order valence-electron chi connectivity index (χ3n) is 3.02. The highest BCUT2D eigenvalue weighted by atomic mass is 16.6. The maximum Gasteiger partial charge on any atom is 0.271 e. The number of hydrogen-bond acceptors (Lipinski definition) is 5. The first-order valence-corrected chi connectivity index (χ1v) is 5.87. The number of nitrogens with one attached hydrogen (secondary N) is 1. The number of phenols is 1. The standard InChI is InChI=1S/C12H14N2O5/c1-7-4-8(6-19-7)12(16)13-10-5-9(14(17)18)2-3-11(10)15/h2-3,5,7-8,15H,4,6H2,1H3,(H,13,16). The molecule has 1 aliphatic rings. The molecular weight excluding hydrogens is 252 g/mol. The summed E-state index contributed by atoms with van der Waals surface area (Å²) in [6, 6.07) is 3.49. The minimum atomic E-state index is -0.587. The van der Waals surface area contributed by atoms with Crippen LogP contribution < -0.4 is 5.32 Å². The second-order valence-corrected chi connectivity index (χ2v) is 4.52. The van der Waals surface area contributed by atoms with Crippen molar-refractivity contribution in [1.29, 1.82) is 0 Å². The van der Waals surface area contributed by atoms with Crippen LogP contribution in [0, 0.1) is 16.0 Å². The first-order valence-electron chi connectivity index (χ1n) is 5.87. The number of nitro groups is 1. The summed E-state index contributed by atoms with van der Waals surface area (Å²) in [4.78, 5) is 22.0. The Bertz CT molecular complexity index is 517. The molecule has 19 heavy (non-hydrogen) atoms. The zero-order valence-corrected chi connectivity index (χ0v) is 10.3. The van der Waals surface area contributed by atoms with E-state index >= 15 is 0 Å². The van der Waals surface area contributed by atoms with Crippen molar-refractivity contribution >= 4 is 17.3 Å². The van der Waals surface area contributed by atoms with Crippen molar-refractivity contribution in [2.75, 3.05) is 11.9 Å². The van der Waals surface area contributed by atoms with E-state index in [2.05, 4.69) is 5.32 Å². The fourth-order valence-corrected chi connectivity index (χ4v) is 1.97. The number of aromatic hydroxyl groups is 1. The van der Waals surface area contributed by atoms with Crippen molar-refractivity contribution in [2.45, 2.75) is 19.4 Å². The smallest absolute Gasteiger partial charge is 0.271 e. The zero-order chi connectivity index (χ0) is 14.0. The number of carbonyl (C=O) groups is 1. The molecule has 1 aromatic rings. The van der Waals surface area contributed by atoms with E-state index < -0.39 is 4.92 Å². The quantitative estimate of drug-likeness (QED) is 0.492. The zero-order valence-electron chi connectivity index (χ0n) is 10.3. The normalized spacial score (nSPS) is 22.2. The maximum atomic E-state index is 11.9. The number of hydrogen-bond donors (Lipinski definition) is 2. The Morgan fingerprint density at radius 1 is 1.58 bits per heavy atom. The molecule has 0 radical (unpaired) electrons. The molecule has 0 aliphatic carbocycles. The average molecular weight is 266 g/mol. The molecule has 1 aliphatic heterocycles. The fourth-order valence-electron chi connectivity index (χ4n) is 1.97. The summed E-state index contributed by atoms with van der Waals surface area (Å²) < 4.78 is 5.28. The largest absolute Gasteiger partial charge is 0.506 e. The molecule has 2 rings (SSSR count). The molecule has 2 N–H and O–H groups in total. The summed E-state index contributed by atoms with van der Waals surface area (Å²) in [5, 5.41) is 22.7. The summed E-state index contributed by atoms with van der Waals surface area (Å²) in [6.07, 6.45) is 0.621. The number of non-ortho nitro benzene ring substituents is 1. The van der Waals surface area contributed by atoms with Crippen LogP contribution in [-0.2, 0) is 9.53 Å². The van der Waals surface area contributed by atoms with Crippen LogP contribution in [0.5, 0.6) is 5.75 Å². The number of nitro benzene ring substituents is 1. The Hall–Kier alpha value is -2.15. The first kappa shape index (κ1) is 13.3. The van der Waals surface area contributed by atoms with Crippen molar-refractivity contribution in [3.8, 4) is 5.75 Å². The van der Waals surface area contributed by atoms with Gasteiger partial charge in [-0.1, -0.05) is 0 Å². The molecule has 1 fully saturated rings. The third-order valence-corrected chi connectivity index (χ3v) is 3.02. The van der Waals surface area contributed by atoms with Crippen molar-refractivity contribution < 1.29 is 19.6 Å².